The van der Waals surface area contributed by atoms with Gasteiger partial charge in [-0.05, 0) is 18.6 Å². The molecule has 82 valence electrons. The Hall–Kier alpha value is -1.62. The first-order valence-electron chi connectivity index (χ1n) is 4.78. The van der Waals surface area contributed by atoms with Crippen molar-refractivity contribution in [2.45, 2.75) is 19.4 Å². The van der Waals surface area contributed by atoms with Crippen molar-refractivity contribution >= 4 is 5.69 Å². The molecule has 1 atom stereocenters. The van der Waals surface area contributed by atoms with Crippen molar-refractivity contribution in [1.82, 2.24) is 0 Å². The predicted molar refractivity (Wildman–Crippen MR) is 56.9 cm³/mol. The van der Waals surface area contributed by atoms with Crippen molar-refractivity contribution in [3.05, 3.63) is 24.3 Å². The fourth-order valence-corrected chi connectivity index (χ4v) is 1.03. The van der Waals surface area contributed by atoms with Crippen LogP contribution in [0.3, 0.4) is 0 Å². The molecule has 5 nitrogen and oxygen atoms in total. The lowest BCUT2D eigenvalue weighted by atomic mass is 10.3. The molecule has 3 N–H and O–H groups in total. The second-order valence-electron chi connectivity index (χ2n) is 3.06. The SMILES string of the molecule is CCC(O)COc1ccccc1N=NN. The van der Waals surface area contributed by atoms with E-state index in [1.807, 2.05) is 19.1 Å². The van der Waals surface area contributed by atoms with E-state index in [-0.39, 0.29) is 6.61 Å². The Kier molecular flexibility index (Phi) is 4.56. The molecule has 5 heteroatoms. The number of benzene rings is 1. The summed E-state index contributed by atoms with van der Waals surface area (Å²) >= 11 is 0. The summed E-state index contributed by atoms with van der Waals surface area (Å²) in [7, 11) is 0. The van der Waals surface area contributed by atoms with E-state index in [1.54, 1.807) is 12.1 Å². The smallest absolute Gasteiger partial charge is 0.147 e. The number of ether oxygens (including phenoxy) is 1. The third-order valence-electron chi connectivity index (χ3n) is 1.93. The third kappa shape index (κ3) is 3.55. The number of aliphatic hydroxyl groups excluding tert-OH is 1. The lowest BCUT2D eigenvalue weighted by Gasteiger charge is -2.11. The average molecular weight is 209 g/mol. The molecule has 0 saturated heterocycles. The predicted octanol–water partition coefficient (Wildman–Crippen LogP) is 1.79. The van der Waals surface area contributed by atoms with Crippen LogP contribution in [0, 0.1) is 0 Å². The molecule has 0 aliphatic carbocycles. The van der Waals surface area contributed by atoms with Crippen LogP contribution < -0.4 is 10.6 Å². The molecule has 0 spiro atoms. The summed E-state index contributed by atoms with van der Waals surface area (Å²) in [5.41, 5.74) is 0.559. The van der Waals surface area contributed by atoms with Crippen molar-refractivity contribution in [2.75, 3.05) is 6.61 Å². The largest absolute Gasteiger partial charge is 0.489 e. The van der Waals surface area contributed by atoms with Gasteiger partial charge in [0, 0.05) is 0 Å². The zero-order valence-electron chi connectivity index (χ0n) is 8.63. The first-order chi connectivity index (χ1) is 7.27. The maximum atomic E-state index is 9.34. The van der Waals surface area contributed by atoms with Crippen LogP contribution in [0.5, 0.6) is 5.75 Å². The van der Waals surface area contributed by atoms with E-state index in [9.17, 15) is 5.11 Å². The lowest BCUT2D eigenvalue weighted by molar-refractivity contribution is 0.104. The van der Waals surface area contributed by atoms with Gasteiger partial charge in [-0.15, -0.1) is 5.11 Å². The van der Waals surface area contributed by atoms with Crippen molar-refractivity contribution in [1.29, 1.82) is 0 Å². The lowest BCUT2D eigenvalue weighted by Crippen LogP contribution is -2.15. The Morgan fingerprint density at radius 1 is 1.47 bits per heavy atom. The molecular weight excluding hydrogens is 194 g/mol. The van der Waals surface area contributed by atoms with Gasteiger partial charge in [0.15, 0.2) is 0 Å². The Balaban J connectivity index is 2.67. The van der Waals surface area contributed by atoms with E-state index in [2.05, 4.69) is 10.3 Å². The Bertz CT molecular complexity index is 328. The minimum absolute atomic E-state index is 0.244. The van der Waals surface area contributed by atoms with Crippen LogP contribution in [0.15, 0.2) is 34.6 Å². The van der Waals surface area contributed by atoms with Gasteiger partial charge in [0.05, 0.1) is 6.10 Å². The summed E-state index contributed by atoms with van der Waals surface area (Å²) < 4.78 is 5.38. The van der Waals surface area contributed by atoms with Gasteiger partial charge in [-0.3, -0.25) is 0 Å². The van der Waals surface area contributed by atoms with E-state index >= 15 is 0 Å². The highest BCUT2D eigenvalue weighted by Gasteiger charge is 2.05. The summed E-state index contributed by atoms with van der Waals surface area (Å²) in [5.74, 6) is 5.53. The van der Waals surface area contributed by atoms with Crippen LogP contribution in [-0.4, -0.2) is 17.8 Å². The third-order valence-corrected chi connectivity index (χ3v) is 1.93. The molecule has 1 aromatic rings. The number of para-hydroxylation sites is 1. The molecule has 1 unspecified atom stereocenters. The molecule has 0 aliphatic heterocycles. The van der Waals surface area contributed by atoms with Crippen molar-refractivity contribution < 1.29 is 9.84 Å². The van der Waals surface area contributed by atoms with E-state index in [0.717, 1.165) is 0 Å². The molecule has 0 amide bonds. The highest BCUT2D eigenvalue weighted by molar-refractivity contribution is 5.50. The van der Waals surface area contributed by atoms with Crippen molar-refractivity contribution in [3.8, 4) is 5.75 Å². The van der Waals surface area contributed by atoms with Gasteiger partial charge < -0.3 is 15.7 Å². The normalized spacial score (nSPS) is 12.9. The van der Waals surface area contributed by atoms with E-state index in [0.29, 0.717) is 17.9 Å². The Labute approximate surface area is 88.6 Å². The molecule has 0 saturated carbocycles. The van der Waals surface area contributed by atoms with Crippen LogP contribution in [0.25, 0.3) is 0 Å². The van der Waals surface area contributed by atoms with Crippen LogP contribution in [-0.2, 0) is 0 Å². The number of nitrogens with zero attached hydrogens (tertiary/aromatic N) is 2. The summed E-state index contributed by atoms with van der Waals surface area (Å²) in [6.45, 7) is 2.13. The van der Waals surface area contributed by atoms with E-state index < -0.39 is 6.10 Å². The molecular formula is C10H15N3O2. The molecule has 0 aromatic heterocycles. The molecule has 0 aliphatic rings. The Morgan fingerprint density at radius 3 is 2.87 bits per heavy atom. The van der Waals surface area contributed by atoms with Gasteiger partial charge in [0.2, 0.25) is 0 Å². The number of aliphatic hydroxyl groups is 1. The van der Waals surface area contributed by atoms with E-state index in [1.165, 1.54) is 0 Å². The fraction of sp³-hybridized carbons (Fsp3) is 0.400. The van der Waals surface area contributed by atoms with Crippen LogP contribution >= 0.6 is 0 Å². The monoisotopic (exact) mass is 209 g/mol. The number of hydrogen-bond donors (Lipinski definition) is 2. The average Bonchev–Trinajstić information content (AvgIpc) is 2.28. The number of rotatable bonds is 5. The summed E-state index contributed by atoms with van der Waals surface area (Å²) in [6.07, 6.45) is 0.188. The minimum atomic E-state index is -0.465. The molecule has 15 heavy (non-hydrogen) atoms. The summed E-state index contributed by atoms with van der Waals surface area (Å²) in [4.78, 5) is 0. The van der Waals surface area contributed by atoms with Crippen LogP contribution in [0.4, 0.5) is 5.69 Å². The molecule has 1 rings (SSSR count). The molecule has 0 fully saturated rings. The van der Waals surface area contributed by atoms with Gasteiger partial charge in [-0.1, -0.05) is 24.3 Å². The highest BCUT2D eigenvalue weighted by Crippen LogP contribution is 2.26. The van der Waals surface area contributed by atoms with Gasteiger partial charge in [-0.2, -0.15) is 0 Å². The molecule has 0 radical (unpaired) electrons. The summed E-state index contributed by atoms with van der Waals surface area (Å²) in [6, 6.07) is 7.13. The molecule has 0 bridgehead atoms. The maximum Gasteiger partial charge on any atom is 0.147 e. The zero-order valence-corrected chi connectivity index (χ0v) is 8.63. The van der Waals surface area contributed by atoms with Crippen molar-refractivity contribution in [3.63, 3.8) is 0 Å². The standard InChI is InChI=1S/C10H15N3O2/c1-2-8(14)7-15-10-6-4-3-5-9(10)12-13-11/h3-6,8,14H,2,7H2,1H3,(H2,11,12). The molecule has 1 aromatic carbocycles. The quantitative estimate of drug-likeness (QED) is 0.440. The van der Waals surface area contributed by atoms with Crippen LogP contribution in [0.2, 0.25) is 0 Å². The van der Waals surface area contributed by atoms with Gasteiger partial charge in [-0.25, -0.2) is 0 Å². The fourth-order valence-electron chi connectivity index (χ4n) is 1.03. The Morgan fingerprint density at radius 2 is 2.20 bits per heavy atom. The first kappa shape index (κ1) is 11.5. The van der Waals surface area contributed by atoms with Gasteiger partial charge in [0.1, 0.15) is 18.0 Å². The number of hydrogen-bond acceptors (Lipinski definition) is 4. The minimum Gasteiger partial charge on any atom is -0.489 e. The van der Waals surface area contributed by atoms with Gasteiger partial charge in [0.25, 0.3) is 0 Å². The second-order valence-corrected chi connectivity index (χ2v) is 3.06. The highest BCUT2D eigenvalue weighted by atomic mass is 16.5. The van der Waals surface area contributed by atoms with Crippen LogP contribution in [0.1, 0.15) is 13.3 Å². The van der Waals surface area contributed by atoms with Gasteiger partial charge >= 0.3 is 0 Å². The number of nitrogens with two attached hydrogens (primary N) is 1. The zero-order chi connectivity index (χ0) is 11.1. The van der Waals surface area contributed by atoms with E-state index in [4.69, 9.17) is 10.6 Å². The first-order valence-corrected chi connectivity index (χ1v) is 4.78. The van der Waals surface area contributed by atoms with Crippen molar-refractivity contribution in [2.24, 2.45) is 16.2 Å². The topological polar surface area (TPSA) is 80.2 Å². The maximum absolute atomic E-state index is 9.34. The summed E-state index contributed by atoms with van der Waals surface area (Å²) in [5, 5.41) is 16.2. The molecule has 0 heterocycles. The second kappa shape index (κ2) is 5.98.